The number of nitrogens with one attached hydrogen (secondary N) is 1. The minimum absolute atomic E-state index is 0.298. The number of rotatable bonds is 6. The van der Waals surface area contributed by atoms with Crippen LogP contribution in [0.15, 0.2) is 66.7 Å². The summed E-state index contributed by atoms with van der Waals surface area (Å²) in [5.74, 6) is -0.555. The van der Waals surface area contributed by atoms with Crippen molar-refractivity contribution in [2.24, 2.45) is 0 Å². The van der Waals surface area contributed by atoms with Gasteiger partial charge < -0.3 is 14.8 Å². The molecule has 0 fully saturated rings. The van der Waals surface area contributed by atoms with Gasteiger partial charge >= 0.3 is 5.97 Å². The van der Waals surface area contributed by atoms with Gasteiger partial charge in [-0.2, -0.15) is 0 Å². The summed E-state index contributed by atoms with van der Waals surface area (Å²) in [6.07, 6.45) is -0.953. The van der Waals surface area contributed by atoms with Crippen LogP contribution >= 0.6 is 11.6 Å². The van der Waals surface area contributed by atoms with Crippen LogP contribution in [0.25, 0.3) is 10.8 Å². The molecule has 3 aromatic carbocycles. The molecule has 0 aliphatic carbocycles. The van der Waals surface area contributed by atoms with E-state index in [9.17, 15) is 9.59 Å². The maximum atomic E-state index is 12.4. The van der Waals surface area contributed by atoms with Gasteiger partial charge in [0.05, 0.1) is 0 Å². The summed E-state index contributed by atoms with van der Waals surface area (Å²) in [6, 6.07) is 19.9. The Kier molecular flexibility index (Phi) is 5.94. The largest absolute Gasteiger partial charge is 0.482 e. The van der Waals surface area contributed by atoms with Crippen molar-refractivity contribution in [1.82, 2.24) is 0 Å². The van der Waals surface area contributed by atoms with Gasteiger partial charge in [0, 0.05) is 16.1 Å². The lowest BCUT2D eigenvalue weighted by Crippen LogP contribution is -2.31. The predicted molar refractivity (Wildman–Crippen MR) is 105 cm³/mol. The summed E-state index contributed by atoms with van der Waals surface area (Å²) >= 11 is 5.79. The topological polar surface area (TPSA) is 64.6 Å². The second kappa shape index (κ2) is 8.56. The van der Waals surface area contributed by atoms with Crippen LogP contribution in [-0.4, -0.2) is 24.6 Å². The molecule has 0 spiro atoms. The highest BCUT2D eigenvalue weighted by molar-refractivity contribution is 6.30. The zero-order valence-corrected chi connectivity index (χ0v) is 15.4. The van der Waals surface area contributed by atoms with E-state index in [1.165, 1.54) is 6.92 Å². The van der Waals surface area contributed by atoms with Crippen molar-refractivity contribution in [1.29, 1.82) is 0 Å². The quantitative estimate of drug-likeness (QED) is 0.639. The number of halogens is 1. The fourth-order valence-corrected chi connectivity index (χ4v) is 2.65. The number of ether oxygens (including phenoxy) is 2. The van der Waals surface area contributed by atoms with Crippen LogP contribution in [0.1, 0.15) is 6.92 Å². The minimum Gasteiger partial charge on any atom is -0.482 e. The minimum atomic E-state index is -0.953. The van der Waals surface area contributed by atoms with Gasteiger partial charge in [-0.3, -0.25) is 4.79 Å². The van der Waals surface area contributed by atoms with Gasteiger partial charge in [-0.1, -0.05) is 48.0 Å². The molecule has 6 heteroatoms. The van der Waals surface area contributed by atoms with Crippen LogP contribution in [0.3, 0.4) is 0 Å². The van der Waals surface area contributed by atoms with E-state index < -0.39 is 18.0 Å². The van der Waals surface area contributed by atoms with Crippen LogP contribution in [0, 0.1) is 0 Å². The Labute approximate surface area is 161 Å². The number of fused-ring (bicyclic) bond motifs is 1. The lowest BCUT2D eigenvalue weighted by molar-refractivity contribution is -0.155. The number of anilines is 1. The fourth-order valence-electron chi connectivity index (χ4n) is 2.53. The Morgan fingerprint density at radius 2 is 1.70 bits per heavy atom. The van der Waals surface area contributed by atoms with Crippen molar-refractivity contribution in [2.45, 2.75) is 13.0 Å². The van der Waals surface area contributed by atoms with E-state index in [0.717, 1.165) is 10.8 Å². The summed E-state index contributed by atoms with van der Waals surface area (Å²) in [4.78, 5) is 24.3. The standard InChI is InChI=1S/C21H18ClNO4/c1-14(27-20(24)13-26-17-11-9-16(22)10-12-17)21(25)23-19-8-4-6-15-5-2-3-7-18(15)19/h2-12,14H,13H2,1H3,(H,23,25)/t14-/m0/s1. The third kappa shape index (κ3) is 4.99. The van der Waals surface area contributed by atoms with Gasteiger partial charge in [0.1, 0.15) is 5.75 Å². The fraction of sp³-hybridized carbons (Fsp3) is 0.143. The van der Waals surface area contributed by atoms with E-state index in [-0.39, 0.29) is 6.61 Å². The molecule has 0 bridgehead atoms. The number of amides is 1. The first-order valence-corrected chi connectivity index (χ1v) is 8.77. The van der Waals surface area contributed by atoms with Crippen molar-refractivity contribution in [3.8, 4) is 5.75 Å². The molecule has 1 N–H and O–H groups in total. The molecule has 3 rings (SSSR count). The molecule has 0 saturated heterocycles. The molecule has 0 unspecified atom stereocenters. The number of hydrogen-bond acceptors (Lipinski definition) is 4. The van der Waals surface area contributed by atoms with Gasteiger partial charge in [-0.25, -0.2) is 4.79 Å². The molecule has 3 aromatic rings. The maximum absolute atomic E-state index is 12.4. The third-order valence-electron chi connectivity index (χ3n) is 3.90. The number of esters is 1. The number of hydrogen-bond donors (Lipinski definition) is 1. The Morgan fingerprint density at radius 1 is 1.00 bits per heavy atom. The molecule has 5 nitrogen and oxygen atoms in total. The van der Waals surface area contributed by atoms with Crippen LogP contribution in [0.4, 0.5) is 5.69 Å². The summed E-state index contributed by atoms with van der Waals surface area (Å²) in [5.41, 5.74) is 0.665. The van der Waals surface area contributed by atoms with Crippen molar-refractivity contribution in [3.05, 3.63) is 71.8 Å². The first-order valence-electron chi connectivity index (χ1n) is 8.39. The molecule has 0 aliphatic rings. The molecule has 0 saturated carbocycles. The molecule has 27 heavy (non-hydrogen) atoms. The van der Waals surface area contributed by atoms with Gasteiger partial charge in [-0.05, 0) is 42.6 Å². The monoisotopic (exact) mass is 383 g/mol. The van der Waals surface area contributed by atoms with Crippen molar-refractivity contribution < 1.29 is 19.1 Å². The van der Waals surface area contributed by atoms with Crippen LogP contribution in [0.5, 0.6) is 5.75 Å². The van der Waals surface area contributed by atoms with E-state index in [1.54, 1.807) is 30.3 Å². The number of carbonyl (C=O) groups is 2. The second-order valence-electron chi connectivity index (χ2n) is 5.89. The molecule has 0 heterocycles. The highest BCUT2D eigenvalue weighted by atomic mass is 35.5. The second-order valence-corrected chi connectivity index (χ2v) is 6.33. The van der Waals surface area contributed by atoms with E-state index in [2.05, 4.69) is 5.32 Å². The lowest BCUT2D eigenvalue weighted by atomic mass is 10.1. The summed E-state index contributed by atoms with van der Waals surface area (Å²) in [5, 5.41) is 5.30. The van der Waals surface area contributed by atoms with Crippen LogP contribution < -0.4 is 10.1 Å². The SMILES string of the molecule is C[C@H](OC(=O)COc1ccc(Cl)cc1)C(=O)Nc1cccc2ccccc12. The maximum Gasteiger partial charge on any atom is 0.344 e. The number of benzene rings is 3. The normalized spacial score (nSPS) is 11.6. The zero-order chi connectivity index (χ0) is 19.2. The first-order chi connectivity index (χ1) is 13.0. The van der Waals surface area contributed by atoms with Gasteiger partial charge in [0.25, 0.3) is 5.91 Å². The predicted octanol–water partition coefficient (Wildman–Crippen LogP) is 4.44. The molecular formula is C21H18ClNO4. The van der Waals surface area contributed by atoms with Crippen LogP contribution in [-0.2, 0) is 14.3 Å². The molecule has 138 valence electrons. The Balaban J connectivity index is 1.55. The molecule has 0 aliphatic heterocycles. The highest BCUT2D eigenvalue weighted by Crippen LogP contribution is 2.23. The molecule has 0 radical (unpaired) electrons. The van der Waals surface area contributed by atoms with E-state index in [1.807, 2.05) is 36.4 Å². The smallest absolute Gasteiger partial charge is 0.344 e. The highest BCUT2D eigenvalue weighted by Gasteiger charge is 2.19. The average Bonchev–Trinajstić information content (AvgIpc) is 2.68. The molecule has 1 amide bonds. The van der Waals surface area contributed by atoms with E-state index >= 15 is 0 Å². The summed E-state index contributed by atoms with van der Waals surface area (Å²) in [7, 11) is 0. The van der Waals surface area contributed by atoms with Crippen molar-refractivity contribution in [2.75, 3.05) is 11.9 Å². The van der Waals surface area contributed by atoms with Crippen molar-refractivity contribution in [3.63, 3.8) is 0 Å². The number of carbonyl (C=O) groups excluding carboxylic acids is 2. The van der Waals surface area contributed by atoms with Crippen molar-refractivity contribution >= 4 is 39.9 Å². The average molecular weight is 384 g/mol. The Hall–Kier alpha value is -3.05. The summed E-state index contributed by atoms with van der Waals surface area (Å²) in [6.45, 7) is 1.22. The van der Waals surface area contributed by atoms with Gasteiger partial charge in [0.2, 0.25) is 0 Å². The van der Waals surface area contributed by atoms with E-state index in [4.69, 9.17) is 21.1 Å². The molecule has 1 atom stereocenters. The third-order valence-corrected chi connectivity index (χ3v) is 4.15. The van der Waals surface area contributed by atoms with Gasteiger partial charge in [-0.15, -0.1) is 0 Å². The van der Waals surface area contributed by atoms with Crippen LogP contribution in [0.2, 0.25) is 5.02 Å². The zero-order valence-electron chi connectivity index (χ0n) is 14.6. The molecular weight excluding hydrogens is 366 g/mol. The summed E-state index contributed by atoms with van der Waals surface area (Å²) < 4.78 is 10.5. The lowest BCUT2D eigenvalue weighted by Gasteiger charge is -2.15. The van der Waals surface area contributed by atoms with E-state index in [0.29, 0.717) is 16.5 Å². The first kappa shape index (κ1) is 18.7. The molecule has 0 aromatic heterocycles. The van der Waals surface area contributed by atoms with Gasteiger partial charge in [0.15, 0.2) is 12.7 Å². The Morgan fingerprint density at radius 3 is 2.48 bits per heavy atom. The Bertz CT molecular complexity index is 951.